The number of aromatic nitrogens is 4. The van der Waals surface area contributed by atoms with Crippen molar-refractivity contribution in [3.8, 4) is 0 Å². The Hall–Kier alpha value is -1.40. The number of H-pyrrole nitrogens is 1. The highest BCUT2D eigenvalue weighted by Gasteiger charge is 2.06. The number of hydrogen-bond donors (Lipinski definition) is 2. The zero-order chi connectivity index (χ0) is 11.4. The van der Waals surface area contributed by atoms with Gasteiger partial charge in [0, 0.05) is 11.1 Å². The van der Waals surface area contributed by atoms with Gasteiger partial charge in [0.2, 0.25) is 0 Å². The van der Waals surface area contributed by atoms with Crippen molar-refractivity contribution in [1.29, 1.82) is 0 Å². The second-order valence-corrected chi connectivity index (χ2v) is 4.30. The van der Waals surface area contributed by atoms with Crippen molar-refractivity contribution < 1.29 is 5.11 Å². The Bertz CT molecular complexity index is 429. The fourth-order valence-corrected chi connectivity index (χ4v) is 1.88. The van der Waals surface area contributed by atoms with Crippen LogP contribution in [-0.2, 0) is 0 Å². The van der Waals surface area contributed by atoms with Crippen molar-refractivity contribution in [2.75, 3.05) is 0 Å². The van der Waals surface area contributed by atoms with E-state index in [0.717, 1.165) is 10.1 Å². The minimum Gasteiger partial charge on any atom is -0.387 e. The summed E-state index contributed by atoms with van der Waals surface area (Å²) in [7, 11) is 0. The summed E-state index contributed by atoms with van der Waals surface area (Å²) in [5.74, 6) is 0. The van der Waals surface area contributed by atoms with Gasteiger partial charge < -0.3 is 5.11 Å². The number of nitrogens with one attached hydrogen (secondary N) is 1. The van der Waals surface area contributed by atoms with Crippen molar-refractivity contribution in [2.45, 2.75) is 29.5 Å². The van der Waals surface area contributed by atoms with Crippen LogP contribution < -0.4 is 0 Å². The molecule has 0 aliphatic heterocycles. The lowest BCUT2D eigenvalue weighted by Crippen LogP contribution is -1.97. The van der Waals surface area contributed by atoms with Gasteiger partial charge >= 0.3 is 0 Å². The van der Waals surface area contributed by atoms with E-state index in [0.29, 0.717) is 12.1 Å². The molecule has 84 valence electrons. The van der Waals surface area contributed by atoms with Crippen molar-refractivity contribution >= 4 is 11.8 Å². The molecule has 1 atom stereocenters. The van der Waals surface area contributed by atoms with Crippen LogP contribution in [0.4, 0.5) is 0 Å². The summed E-state index contributed by atoms with van der Waals surface area (Å²) in [6, 6.07) is 3.74. The lowest BCUT2D eigenvalue weighted by molar-refractivity contribution is 0.169. The molecular weight excluding hydrogens is 224 g/mol. The lowest BCUT2D eigenvalue weighted by Gasteiger charge is -2.06. The number of aliphatic hydroxyl groups is 1. The third kappa shape index (κ3) is 2.59. The van der Waals surface area contributed by atoms with Crippen LogP contribution in [0, 0.1) is 0 Å². The molecule has 0 amide bonds. The molecule has 2 aromatic rings. The summed E-state index contributed by atoms with van der Waals surface area (Å²) in [4.78, 5) is 9.16. The first-order chi connectivity index (χ1) is 7.79. The molecule has 0 saturated carbocycles. The summed E-state index contributed by atoms with van der Waals surface area (Å²) in [5.41, 5.74) is 0.699. The number of rotatable bonds is 4. The monoisotopic (exact) mass is 236 g/mol. The highest BCUT2D eigenvalue weighted by molar-refractivity contribution is 7.99. The molecule has 6 heteroatoms. The van der Waals surface area contributed by atoms with Gasteiger partial charge in [-0.1, -0.05) is 6.92 Å². The normalized spacial score (nSPS) is 12.6. The molecule has 5 nitrogen and oxygen atoms in total. The van der Waals surface area contributed by atoms with Crippen LogP contribution in [0.25, 0.3) is 0 Å². The van der Waals surface area contributed by atoms with Gasteiger partial charge in [-0.2, -0.15) is 5.10 Å². The van der Waals surface area contributed by atoms with Gasteiger partial charge in [0.15, 0.2) is 5.16 Å². The zero-order valence-electron chi connectivity index (χ0n) is 8.79. The van der Waals surface area contributed by atoms with Crippen molar-refractivity contribution in [3.05, 3.63) is 30.4 Å². The van der Waals surface area contributed by atoms with Gasteiger partial charge in [-0.05, 0) is 30.3 Å². The first-order valence-corrected chi connectivity index (χ1v) is 5.78. The van der Waals surface area contributed by atoms with Crippen LogP contribution in [0.2, 0.25) is 0 Å². The molecule has 0 saturated heterocycles. The summed E-state index contributed by atoms with van der Waals surface area (Å²) < 4.78 is 0. The van der Waals surface area contributed by atoms with Gasteiger partial charge in [-0.15, -0.1) is 0 Å². The summed E-state index contributed by atoms with van der Waals surface area (Å²) in [5, 5.41) is 16.8. The summed E-state index contributed by atoms with van der Waals surface area (Å²) in [6.45, 7) is 1.92. The number of pyridine rings is 1. The lowest BCUT2D eigenvalue weighted by atomic mass is 10.2. The van der Waals surface area contributed by atoms with Gasteiger partial charge in [0.25, 0.3) is 0 Å². The van der Waals surface area contributed by atoms with E-state index >= 15 is 0 Å². The van der Waals surface area contributed by atoms with Crippen LogP contribution in [-0.4, -0.2) is 25.3 Å². The first-order valence-electron chi connectivity index (χ1n) is 4.97. The maximum absolute atomic E-state index is 9.58. The smallest absolute Gasteiger partial charge is 0.188 e. The van der Waals surface area contributed by atoms with Crippen molar-refractivity contribution in [1.82, 2.24) is 20.2 Å². The van der Waals surface area contributed by atoms with Gasteiger partial charge in [0.1, 0.15) is 6.33 Å². The second-order valence-electron chi connectivity index (χ2n) is 3.24. The standard InChI is InChI=1S/C10H12N4OS/c1-2-9(15)8-4-3-7(5-11-8)16-10-12-6-13-14-10/h3-6,9,15H,2H2,1H3,(H,12,13,14). The van der Waals surface area contributed by atoms with E-state index in [1.54, 1.807) is 6.20 Å². The molecule has 0 aliphatic rings. The maximum Gasteiger partial charge on any atom is 0.188 e. The number of hydrogen-bond acceptors (Lipinski definition) is 5. The third-order valence-corrected chi connectivity index (χ3v) is 2.96. The maximum atomic E-state index is 9.58. The topological polar surface area (TPSA) is 74.7 Å². The molecular formula is C10H12N4OS. The first kappa shape index (κ1) is 11.1. The molecule has 0 fully saturated rings. The highest BCUT2D eigenvalue weighted by Crippen LogP contribution is 2.24. The predicted octanol–water partition coefficient (Wildman–Crippen LogP) is 1.79. The molecule has 0 aromatic carbocycles. The molecule has 0 radical (unpaired) electrons. The van der Waals surface area contributed by atoms with Gasteiger partial charge in [-0.3, -0.25) is 10.1 Å². The summed E-state index contributed by atoms with van der Waals surface area (Å²) >= 11 is 1.45. The molecule has 0 bridgehead atoms. The van der Waals surface area contributed by atoms with Crippen molar-refractivity contribution in [3.63, 3.8) is 0 Å². The Morgan fingerprint density at radius 2 is 2.31 bits per heavy atom. The number of nitrogens with zero attached hydrogens (tertiary/aromatic N) is 3. The Balaban J connectivity index is 2.07. The van der Waals surface area contributed by atoms with E-state index in [2.05, 4.69) is 20.2 Å². The van der Waals surface area contributed by atoms with E-state index in [1.807, 2.05) is 19.1 Å². The zero-order valence-corrected chi connectivity index (χ0v) is 9.61. The van der Waals surface area contributed by atoms with E-state index in [4.69, 9.17) is 0 Å². The average molecular weight is 236 g/mol. The van der Waals surface area contributed by atoms with Crippen LogP contribution in [0.5, 0.6) is 0 Å². The average Bonchev–Trinajstić information content (AvgIpc) is 2.82. The molecule has 0 spiro atoms. The number of aromatic amines is 1. The van der Waals surface area contributed by atoms with Crippen LogP contribution >= 0.6 is 11.8 Å². The quantitative estimate of drug-likeness (QED) is 0.846. The number of aliphatic hydroxyl groups excluding tert-OH is 1. The third-order valence-electron chi connectivity index (χ3n) is 2.09. The fraction of sp³-hybridized carbons (Fsp3) is 0.300. The van der Waals surface area contributed by atoms with Crippen LogP contribution in [0.15, 0.2) is 34.7 Å². The predicted molar refractivity (Wildman–Crippen MR) is 60.0 cm³/mol. The summed E-state index contributed by atoms with van der Waals surface area (Å²) in [6.07, 6.45) is 3.37. The van der Waals surface area contributed by atoms with Gasteiger partial charge in [-0.25, -0.2) is 4.98 Å². The van der Waals surface area contributed by atoms with Crippen LogP contribution in [0.1, 0.15) is 25.1 Å². The molecule has 2 heterocycles. The van der Waals surface area contributed by atoms with Crippen LogP contribution in [0.3, 0.4) is 0 Å². The van der Waals surface area contributed by atoms with E-state index in [-0.39, 0.29) is 0 Å². The Morgan fingerprint density at radius 1 is 1.44 bits per heavy atom. The SMILES string of the molecule is CCC(O)c1ccc(Sc2ncn[nH]2)cn1. The van der Waals surface area contributed by atoms with Crippen molar-refractivity contribution in [2.24, 2.45) is 0 Å². The molecule has 2 N–H and O–H groups in total. The van der Waals surface area contributed by atoms with E-state index in [9.17, 15) is 5.11 Å². The van der Waals surface area contributed by atoms with E-state index in [1.165, 1.54) is 18.1 Å². The Kier molecular flexibility index (Phi) is 3.53. The highest BCUT2D eigenvalue weighted by atomic mass is 32.2. The van der Waals surface area contributed by atoms with Gasteiger partial charge in [0.05, 0.1) is 11.8 Å². The molecule has 1 unspecified atom stereocenters. The Labute approximate surface area is 97.3 Å². The fourth-order valence-electron chi connectivity index (χ4n) is 1.21. The molecule has 2 rings (SSSR count). The minimum absolute atomic E-state index is 0.482. The molecule has 2 aromatic heterocycles. The largest absolute Gasteiger partial charge is 0.387 e. The molecule has 0 aliphatic carbocycles. The second kappa shape index (κ2) is 5.09. The van der Waals surface area contributed by atoms with E-state index < -0.39 is 6.10 Å². The minimum atomic E-state index is -0.482. The molecule has 16 heavy (non-hydrogen) atoms. The Morgan fingerprint density at radius 3 is 2.88 bits per heavy atom.